The summed E-state index contributed by atoms with van der Waals surface area (Å²) in [7, 11) is 0. The smallest absolute Gasteiger partial charge is 0.322 e. The minimum Gasteiger partial charge on any atom is -0.343 e. The van der Waals surface area contributed by atoms with Gasteiger partial charge in [-0.3, -0.25) is 9.59 Å². The van der Waals surface area contributed by atoms with Crippen molar-refractivity contribution >= 4 is 17.5 Å². The maximum atomic E-state index is 11.3. The number of nitrogens with one attached hydrogen (secondary N) is 2. The molecule has 0 aliphatic carbocycles. The van der Waals surface area contributed by atoms with E-state index in [4.69, 9.17) is 5.26 Å². The van der Waals surface area contributed by atoms with Gasteiger partial charge in [-0.05, 0) is 17.2 Å². The largest absolute Gasteiger partial charge is 0.343 e. The van der Waals surface area contributed by atoms with E-state index in [-0.39, 0.29) is 11.3 Å². The first-order valence-corrected chi connectivity index (χ1v) is 6.03. The summed E-state index contributed by atoms with van der Waals surface area (Å²) < 4.78 is 0. The van der Waals surface area contributed by atoms with Gasteiger partial charge in [0.1, 0.15) is 0 Å². The first-order chi connectivity index (χ1) is 8.92. The molecule has 1 aromatic carbocycles. The summed E-state index contributed by atoms with van der Waals surface area (Å²) in [5, 5.41) is 13.8. The van der Waals surface area contributed by atoms with Crippen molar-refractivity contribution in [3.05, 3.63) is 29.3 Å². The average molecular weight is 257 g/mol. The molecule has 98 valence electrons. The van der Waals surface area contributed by atoms with E-state index in [0.717, 1.165) is 16.8 Å². The molecule has 0 fully saturated rings. The molecule has 2 N–H and O–H groups in total. The van der Waals surface area contributed by atoms with E-state index in [2.05, 4.69) is 10.6 Å². The van der Waals surface area contributed by atoms with Gasteiger partial charge in [-0.15, -0.1) is 0 Å². The number of amides is 2. The lowest BCUT2D eigenvalue weighted by Gasteiger charge is -2.25. The average Bonchev–Trinajstić information content (AvgIpc) is 2.74. The van der Waals surface area contributed by atoms with Gasteiger partial charge >= 0.3 is 5.91 Å². The highest BCUT2D eigenvalue weighted by molar-refractivity contribution is 5.99. The number of benzene rings is 1. The molecular formula is C14H15N3O2. The number of anilines is 1. The molecule has 1 aromatic rings. The highest BCUT2D eigenvalue weighted by Crippen LogP contribution is 2.29. The molecular weight excluding hydrogens is 242 g/mol. The van der Waals surface area contributed by atoms with Crippen LogP contribution in [0.2, 0.25) is 0 Å². The molecule has 0 saturated carbocycles. The second-order valence-corrected chi connectivity index (χ2v) is 5.28. The Balaban J connectivity index is 2.17. The zero-order valence-electron chi connectivity index (χ0n) is 10.9. The van der Waals surface area contributed by atoms with Gasteiger partial charge in [0, 0.05) is 17.6 Å². The number of carbonyl (C=O) groups excluding carboxylic acids is 2. The molecule has 1 aliphatic rings. The van der Waals surface area contributed by atoms with Gasteiger partial charge < -0.3 is 10.6 Å². The van der Waals surface area contributed by atoms with Crippen molar-refractivity contribution in [1.82, 2.24) is 5.32 Å². The molecule has 0 radical (unpaired) electrons. The number of nitriles is 1. The highest BCUT2D eigenvalue weighted by Gasteiger charge is 2.25. The predicted molar refractivity (Wildman–Crippen MR) is 70.4 cm³/mol. The summed E-state index contributed by atoms with van der Waals surface area (Å²) in [5.41, 5.74) is 2.56. The Morgan fingerprint density at radius 3 is 2.95 bits per heavy atom. The summed E-state index contributed by atoms with van der Waals surface area (Å²) in [6, 6.07) is 7.32. The molecule has 1 aliphatic heterocycles. The standard InChI is InChI=1S/C14H15N3O2/c1-14(2,8-16-13(19)7-15)10-3-4-11-9(5-10)6-12(18)17-11/h3-5H,6,8H2,1-2H3,(H,16,19)(H,17,18). The van der Waals surface area contributed by atoms with Crippen LogP contribution in [0.4, 0.5) is 5.69 Å². The predicted octanol–water partition coefficient (Wildman–Crippen LogP) is 1.10. The van der Waals surface area contributed by atoms with Gasteiger partial charge in [0.25, 0.3) is 0 Å². The van der Waals surface area contributed by atoms with Gasteiger partial charge in [0.05, 0.1) is 6.42 Å². The molecule has 1 heterocycles. The Hall–Kier alpha value is -2.35. The maximum Gasteiger partial charge on any atom is 0.322 e. The Kier molecular flexibility index (Phi) is 3.26. The van der Waals surface area contributed by atoms with E-state index in [0.29, 0.717) is 13.0 Å². The molecule has 0 spiro atoms. The van der Waals surface area contributed by atoms with E-state index >= 15 is 0 Å². The molecule has 0 atom stereocenters. The van der Waals surface area contributed by atoms with Gasteiger partial charge in [-0.1, -0.05) is 26.0 Å². The number of carbonyl (C=O) groups is 2. The van der Waals surface area contributed by atoms with Crippen molar-refractivity contribution in [3.63, 3.8) is 0 Å². The SMILES string of the molecule is CC(C)(CNC(=O)C#N)c1ccc2c(c1)CC(=O)N2. The summed E-state index contributed by atoms with van der Waals surface area (Å²) in [4.78, 5) is 22.3. The lowest BCUT2D eigenvalue weighted by atomic mass is 9.83. The lowest BCUT2D eigenvalue weighted by Crippen LogP contribution is -2.36. The number of nitrogens with zero attached hydrogens (tertiary/aromatic N) is 1. The zero-order valence-corrected chi connectivity index (χ0v) is 10.9. The fraction of sp³-hybridized carbons (Fsp3) is 0.357. The van der Waals surface area contributed by atoms with Crippen molar-refractivity contribution in [2.24, 2.45) is 0 Å². The van der Waals surface area contributed by atoms with Crippen LogP contribution in [-0.4, -0.2) is 18.4 Å². The monoisotopic (exact) mass is 257 g/mol. The van der Waals surface area contributed by atoms with Crippen LogP contribution in [0.25, 0.3) is 0 Å². The van der Waals surface area contributed by atoms with Crippen molar-refractivity contribution in [1.29, 1.82) is 5.26 Å². The third-order valence-electron chi connectivity index (χ3n) is 3.30. The molecule has 0 unspecified atom stereocenters. The van der Waals surface area contributed by atoms with Crippen LogP contribution in [0.3, 0.4) is 0 Å². The summed E-state index contributed by atoms with van der Waals surface area (Å²) in [6.07, 6.45) is 0.393. The molecule has 5 nitrogen and oxygen atoms in total. The Morgan fingerprint density at radius 1 is 1.53 bits per heavy atom. The maximum absolute atomic E-state index is 11.3. The molecule has 5 heteroatoms. The summed E-state index contributed by atoms with van der Waals surface area (Å²) in [6.45, 7) is 4.34. The van der Waals surface area contributed by atoms with E-state index in [1.165, 1.54) is 6.07 Å². The lowest BCUT2D eigenvalue weighted by molar-refractivity contribution is -0.116. The van der Waals surface area contributed by atoms with E-state index in [1.807, 2.05) is 32.0 Å². The minimum absolute atomic E-state index is 0.00254. The van der Waals surface area contributed by atoms with Gasteiger partial charge in [0.15, 0.2) is 6.07 Å². The molecule has 2 amide bonds. The second kappa shape index (κ2) is 4.73. The number of fused-ring (bicyclic) bond motifs is 1. The first-order valence-electron chi connectivity index (χ1n) is 6.03. The number of hydrogen-bond acceptors (Lipinski definition) is 3. The number of hydrogen-bond donors (Lipinski definition) is 2. The highest BCUT2D eigenvalue weighted by atomic mass is 16.2. The van der Waals surface area contributed by atoms with Gasteiger partial charge in [-0.25, -0.2) is 0 Å². The van der Waals surface area contributed by atoms with Crippen LogP contribution >= 0.6 is 0 Å². The quantitative estimate of drug-likeness (QED) is 0.795. The third kappa shape index (κ3) is 2.74. The van der Waals surface area contributed by atoms with Crippen LogP contribution in [0.1, 0.15) is 25.0 Å². The van der Waals surface area contributed by atoms with Crippen LogP contribution < -0.4 is 10.6 Å². The van der Waals surface area contributed by atoms with Gasteiger partial charge in [-0.2, -0.15) is 5.26 Å². The first kappa shape index (κ1) is 13.1. The third-order valence-corrected chi connectivity index (χ3v) is 3.30. The van der Waals surface area contributed by atoms with Crippen molar-refractivity contribution < 1.29 is 9.59 Å². The van der Waals surface area contributed by atoms with Crippen molar-refractivity contribution in [2.75, 3.05) is 11.9 Å². The van der Waals surface area contributed by atoms with E-state index in [9.17, 15) is 9.59 Å². The zero-order chi connectivity index (χ0) is 14.0. The summed E-state index contributed by atoms with van der Waals surface area (Å²) in [5.74, 6) is -0.631. The number of rotatable bonds is 3. The Morgan fingerprint density at radius 2 is 2.26 bits per heavy atom. The van der Waals surface area contributed by atoms with Crippen molar-refractivity contribution in [3.8, 4) is 6.07 Å². The van der Waals surface area contributed by atoms with Crippen molar-refractivity contribution in [2.45, 2.75) is 25.7 Å². The fourth-order valence-corrected chi connectivity index (χ4v) is 2.09. The second-order valence-electron chi connectivity index (χ2n) is 5.28. The topological polar surface area (TPSA) is 82.0 Å². The summed E-state index contributed by atoms with van der Waals surface area (Å²) >= 11 is 0. The van der Waals surface area contributed by atoms with E-state index < -0.39 is 5.91 Å². The fourth-order valence-electron chi connectivity index (χ4n) is 2.09. The van der Waals surface area contributed by atoms with Crippen LogP contribution in [0.15, 0.2) is 18.2 Å². The van der Waals surface area contributed by atoms with Crippen LogP contribution in [-0.2, 0) is 21.4 Å². The molecule has 0 aromatic heterocycles. The van der Waals surface area contributed by atoms with E-state index in [1.54, 1.807) is 0 Å². The molecule has 19 heavy (non-hydrogen) atoms. The molecule has 2 rings (SSSR count). The Labute approximate surface area is 111 Å². The normalized spacial score (nSPS) is 13.4. The Bertz CT molecular complexity index is 585. The molecule has 0 saturated heterocycles. The minimum atomic E-state index is -0.633. The van der Waals surface area contributed by atoms with Crippen LogP contribution in [0, 0.1) is 11.3 Å². The molecule has 0 bridgehead atoms. The van der Waals surface area contributed by atoms with Crippen LogP contribution in [0.5, 0.6) is 0 Å². The van der Waals surface area contributed by atoms with Gasteiger partial charge in [0.2, 0.25) is 5.91 Å².